The summed E-state index contributed by atoms with van der Waals surface area (Å²) in [5.41, 5.74) is 0.447. The van der Waals surface area contributed by atoms with Gasteiger partial charge in [0, 0.05) is 43.3 Å². The molecular formula is C28H39ClN2O7. The van der Waals surface area contributed by atoms with E-state index in [4.69, 9.17) is 35.3 Å². The molecule has 0 bridgehead atoms. The number of carbonyl (C=O) groups excluding carboxylic acids is 1. The predicted molar refractivity (Wildman–Crippen MR) is 146 cm³/mol. The van der Waals surface area contributed by atoms with Crippen LogP contribution in [0, 0.1) is 5.92 Å². The van der Waals surface area contributed by atoms with E-state index in [-0.39, 0.29) is 24.5 Å². The van der Waals surface area contributed by atoms with Crippen molar-refractivity contribution in [3.63, 3.8) is 0 Å². The molecule has 3 rings (SSSR count). The Hall–Kier alpha value is -2.72. The molecule has 0 aromatic heterocycles. The fourth-order valence-corrected chi connectivity index (χ4v) is 4.57. The van der Waals surface area contributed by atoms with E-state index in [0.29, 0.717) is 72.9 Å². The fourth-order valence-electron chi connectivity index (χ4n) is 4.44. The molecule has 38 heavy (non-hydrogen) atoms. The Labute approximate surface area is 230 Å². The highest BCUT2D eigenvalue weighted by Crippen LogP contribution is 2.38. The average Bonchev–Trinajstić information content (AvgIpc) is 2.91. The Morgan fingerprint density at radius 1 is 1.13 bits per heavy atom. The zero-order valence-corrected chi connectivity index (χ0v) is 23.6. The summed E-state index contributed by atoms with van der Waals surface area (Å²) in [6.45, 7) is 7.54. The second-order valence-corrected chi connectivity index (χ2v) is 10.1. The van der Waals surface area contributed by atoms with Crippen molar-refractivity contribution in [1.82, 2.24) is 9.80 Å². The summed E-state index contributed by atoms with van der Waals surface area (Å²) in [6, 6.07) is 10.4. The molecule has 2 aromatic carbocycles. The van der Waals surface area contributed by atoms with Crippen molar-refractivity contribution in [2.75, 3.05) is 67.3 Å². The molecule has 210 valence electrons. The monoisotopic (exact) mass is 550 g/mol. The molecule has 0 aliphatic carbocycles. The van der Waals surface area contributed by atoms with Gasteiger partial charge in [0.25, 0.3) is 5.91 Å². The van der Waals surface area contributed by atoms with Gasteiger partial charge in [0.15, 0.2) is 11.5 Å². The third-order valence-electron chi connectivity index (χ3n) is 6.16. The number of carbonyl (C=O) groups is 1. The van der Waals surface area contributed by atoms with Gasteiger partial charge in [0.1, 0.15) is 18.5 Å². The van der Waals surface area contributed by atoms with E-state index in [9.17, 15) is 9.90 Å². The summed E-state index contributed by atoms with van der Waals surface area (Å²) >= 11 is 5.91. The van der Waals surface area contributed by atoms with Crippen molar-refractivity contribution in [1.29, 1.82) is 0 Å². The second-order valence-electron chi connectivity index (χ2n) is 9.69. The van der Waals surface area contributed by atoms with Crippen molar-refractivity contribution in [2.45, 2.75) is 26.1 Å². The molecule has 0 spiro atoms. The van der Waals surface area contributed by atoms with Crippen LogP contribution in [0.2, 0.25) is 5.02 Å². The van der Waals surface area contributed by atoms with E-state index in [1.54, 1.807) is 41.3 Å². The highest BCUT2D eigenvalue weighted by Gasteiger charge is 2.28. The lowest BCUT2D eigenvalue weighted by molar-refractivity contribution is -0.0542. The number of hydrogen-bond acceptors (Lipinski definition) is 8. The maximum absolute atomic E-state index is 13.6. The van der Waals surface area contributed by atoms with E-state index in [1.165, 1.54) is 21.3 Å². The predicted octanol–water partition coefficient (Wildman–Crippen LogP) is 3.60. The van der Waals surface area contributed by atoms with Crippen molar-refractivity contribution in [3.8, 4) is 23.0 Å². The number of morpholine rings is 1. The van der Waals surface area contributed by atoms with Crippen LogP contribution in [0.15, 0.2) is 36.4 Å². The molecule has 2 atom stereocenters. The Morgan fingerprint density at radius 2 is 1.79 bits per heavy atom. The minimum absolute atomic E-state index is 0.143. The van der Waals surface area contributed by atoms with Crippen LogP contribution in [0.4, 0.5) is 0 Å². The number of methoxy groups -OCH3 is 3. The van der Waals surface area contributed by atoms with Gasteiger partial charge < -0.3 is 33.7 Å². The smallest absolute Gasteiger partial charge is 0.254 e. The molecule has 1 aliphatic heterocycles. The largest absolute Gasteiger partial charge is 0.493 e. The third kappa shape index (κ3) is 8.39. The quantitative estimate of drug-likeness (QED) is 0.405. The van der Waals surface area contributed by atoms with Crippen LogP contribution in [0.1, 0.15) is 24.2 Å². The van der Waals surface area contributed by atoms with Gasteiger partial charge in [-0.15, -0.1) is 0 Å². The van der Waals surface area contributed by atoms with Crippen molar-refractivity contribution in [2.24, 2.45) is 5.92 Å². The summed E-state index contributed by atoms with van der Waals surface area (Å²) in [5.74, 6) is 2.06. The van der Waals surface area contributed by atoms with E-state index in [1.807, 2.05) is 0 Å². The first-order chi connectivity index (χ1) is 18.2. The maximum atomic E-state index is 13.6. The highest BCUT2D eigenvalue weighted by atomic mass is 35.5. The van der Waals surface area contributed by atoms with E-state index < -0.39 is 6.10 Å². The Morgan fingerprint density at radius 3 is 2.37 bits per heavy atom. The lowest BCUT2D eigenvalue weighted by atomic mass is 10.1. The summed E-state index contributed by atoms with van der Waals surface area (Å²) in [7, 11) is 4.58. The van der Waals surface area contributed by atoms with Crippen LogP contribution in [0.5, 0.6) is 23.0 Å². The molecule has 1 amide bonds. The molecule has 0 unspecified atom stereocenters. The maximum Gasteiger partial charge on any atom is 0.254 e. The molecule has 1 fully saturated rings. The summed E-state index contributed by atoms with van der Waals surface area (Å²) in [6.07, 6.45) is -0.866. The van der Waals surface area contributed by atoms with Gasteiger partial charge >= 0.3 is 0 Å². The van der Waals surface area contributed by atoms with Crippen LogP contribution in [-0.2, 0) is 4.74 Å². The minimum Gasteiger partial charge on any atom is -0.493 e. The van der Waals surface area contributed by atoms with E-state index >= 15 is 0 Å². The minimum atomic E-state index is -0.669. The van der Waals surface area contributed by atoms with Gasteiger partial charge in [0.2, 0.25) is 5.75 Å². The van der Waals surface area contributed by atoms with Gasteiger partial charge in [-0.1, -0.05) is 25.4 Å². The molecule has 0 saturated carbocycles. The molecule has 9 nitrogen and oxygen atoms in total. The van der Waals surface area contributed by atoms with Gasteiger partial charge in [0.05, 0.1) is 34.0 Å². The lowest BCUT2D eigenvalue weighted by Gasteiger charge is -2.37. The number of amides is 1. The number of benzene rings is 2. The van der Waals surface area contributed by atoms with Crippen LogP contribution < -0.4 is 18.9 Å². The van der Waals surface area contributed by atoms with Gasteiger partial charge in [-0.3, -0.25) is 9.69 Å². The van der Waals surface area contributed by atoms with Gasteiger partial charge in [-0.05, 0) is 42.3 Å². The third-order valence-corrected chi connectivity index (χ3v) is 6.41. The van der Waals surface area contributed by atoms with Gasteiger partial charge in [-0.2, -0.15) is 0 Å². The number of aliphatic hydroxyl groups is 1. The first-order valence-electron chi connectivity index (χ1n) is 12.7. The number of aliphatic hydroxyl groups excluding tert-OH is 1. The fraction of sp³-hybridized carbons (Fsp3) is 0.536. The number of ether oxygens (including phenoxy) is 5. The highest BCUT2D eigenvalue weighted by molar-refractivity contribution is 6.30. The standard InChI is InChI=1S/C28H39ClN2O7/c1-19(2)14-31(28(33)20-12-25(34-3)27(36-5)26(13-20)35-4)17-24-16-30(10-11-37-24)15-22(32)18-38-23-8-6-21(29)7-9-23/h6-9,12-13,19,22,24,32H,10-11,14-18H2,1-5H3/t22-,24-/m1/s1. The number of nitrogens with zero attached hydrogens (tertiary/aromatic N) is 2. The van der Waals surface area contributed by atoms with Crippen LogP contribution >= 0.6 is 11.6 Å². The topological polar surface area (TPSA) is 89.9 Å². The van der Waals surface area contributed by atoms with Crippen LogP contribution in [-0.4, -0.2) is 100 Å². The zero-order chi connectivity index (χ0) is 27.7. The molecule has 1 aliphatic rings. The summed E-state index contributed by atoms with van der Waals surface area (Å²) in [5, 5.41) is 11.2. The molecule has 0 radical (unpaired) electrons. The number of halogens is 1. The van der Waals surface area contributed by atoms with Crippen molar-refractivity contribution < 1.29 is 33.6 Å². The Balaban J connectivity index is 1.63. The molecule has 10 heteroatoms. The van der Waals surface area contributed by atoms with Gasteiger partial charge in [-0.25, -0.2) is 0 Å². The first kappa shape index (κ1) is 29.8. The number of rotatable bonds is 13. The van der Waals surface area contributed by atoms with Crippen LogP contribution in [0.3, 0.4) is 0 Å². The summed E-state index contributed by atoms with van der Waals surface area (Å²) in [4.78, 5) is 17.6. The molecular weight excluding hydrogens is 512 g/mol. The molecule has 1 heterocycles. The van der Waals surface area contributed by atoms with Crippen molar-refractivity contribution >= 4 is 17.5 Å². The van der Waals surface area contributed by atoms with Crippen molar-refractivity contribution in [3.05, 3.63) is 47.0 Å². The molecule has 2 aromatic rings. The zero-order valence-electron chi connectivity index (χ0n) is 22.8. The first-order valence-corrected chi connectivity index (χ1v) is 13.1. The van der Waals surface area contributed by atoms with E-state index in [0.717, 1.165) is 0 Å². The normalized spacial score (nSPS) is 16.7. The Kier molecular flexibility index (Phi) is 11.3. The molecule has 1 N–H and O–H groups in total. The summed E-state index contributed by atoms with van der Waals surface area (Å²) < 4.78 is 28.0. The molecule has 1 saturated heterocycles. The SMILES string of the molecule is COc1cc(C(=O)N(CC(C)C)C[C@H]2CN(C[C@@H](O)COc3ccc(Cl)cc3)CCO2)cc(OC)c1OC. The average molecular weight is 551 g/mol. The lowest BCUT2D eigenvalue weighted by Crippen LogP contribution is -2.51. The van der Waals surface area contributed by atoms with Crippen LogP contribution in [0.25, 0.3) is 0 Å². The number of hydrogen-bond donors (Lipinski definition) is 1. The second kappa shape index (κ2) is 14.4. The van der Waals surface area contributed by atoms with E-state index in [2.05, 4.69) is 18.7 Å². The number of β-amino-alcohol motifs (C(OH)–C–C–N with tert-alkyl or cyclic N) is 1. The Bertz CT molecular complexity index is 1010.